The molecule has 46 heavy (non-hydrogen) atoms. The van der Waals surface area contributed by atoms with E-state index in [0.29, 0.717) is 0 Å². The van der Waals surface area contributed by atoms with Gasteiger partial charge in [0.1, 0.15) is 40.7 Å². The van der Waals surface area contributed by atoms with Crippen LogP contribution in [0.2, 0.25) is 0 Å². The van der Waals surface area contributed by atoms with Crippen molar-refractivity contribution in [2.45, 2.75) is 0 Å². The van der Waals surface area contributed by atoms with Crippen LogP contribution in [0.4, 0.5) is 87.8 Å². The standard InChI is InChI=1S/C24BF20O/c26-4-1(5(27)11(33)16(38)10(4)32)25(2-6(28)12(34)17(39)13(35)7(2)29,3-8(30)14(36)18(40)15(37)9(3)31)46-24-22(44)20(42)19(41)21(43)23(24)45/q-1/p+1. The third-order valence-electron chi connectivity index (χ3n) is 6.42. The molecule has 0 spiro atoms. The Morgan fingerprint density at radius 2 is 0.391 bits per heavy atom. The molecule has 22 heteroatoms. The Morgan fingerprint density at radius 1 is 0.239 bits per heavy atom. The topological polar surface area (TPSA) is 9.23 Å². The molecule has 4 aromatic rings. The molecule has 1 nitrogen and oxygen atoms in total. The summed E-state index contributed by atoms with van der Waals surface area (Å²) in [7, 11) is 0. The largest absolute Gasteiger partial charge is 1.00 e. The Balaban J connectivity index is 0.00000600. The van der Waals surface area contributed by atoms with Crippen LogP contribution in [0.25, 0.3) is 0 Å². The van der Waals surface area contributed by atoms with Gasteiger partial charge in [0.15, 0.2) is 52.4 Å². The summed E-state index contributed by atoms with van der Waals surface area (Å²) in [4.78, 5) is 0. The lowest BCUT2D eigenvalue weighted by Gasteiger charge is -2.45. The van der Waals surface area contributed by atoms with Crippen LogP contribution in [-0.4, -0.2) is 6.35 Å². The van der Waals surface area contributed by atoms with Gasteiger partial charge in [-0.25, -0.2) is 79.0 Å². The van der Waals surface area contributed by atoms with Crippen LogP contribution in [-0.2, 0) is 0 Å². The quantitative estimate of drug-likeness (QED) is 0.0987. The van der Waals surface area contributed by atoms with Crippen molar-refractivity contribution in [3.05, 3.63) is 116 Å². The fraction of sp³-hybridized carbons (Fsp3) is 0. The van der Waals surface area contributed by atoms with E-state index < -0.39 is 145 Å². The van der Waals surface area contributed by atoms with Gasteiger partial charge in [-0.05, 0) is 0 Å². The van der Waals surface area contributed by atoms with Gasteiger partial charge in [-0.3, -0.25) is 0 Å². The Bertz CT molecular complexity index is 1720. The molecule has 246 valence electrons. The molecule has 0 saturated heterocycles. The van der Waals surface area contributed by atoms with E-state index in [1.807, 2.05) is 0 Å². The zero-order valence-electron chi connectivity index (χ0n) is 21.5. The van der Waals surface area contributed by atoms with Crippen molar-refractivity contribution < 1.29 is 93.9 Å². The second kappa shape index (κ2) is 11.3. The summed E-state index contributed by atoms with van der Waals surface area (Å²) in [6.45, 7) is 0. The summed E-state index contributed by atoms with van der Waals surface area (Å²) in [5.74, 6) is -72.8. The molecule has 0 atom stereocenters. The second-order valence-electron chi connectivity index (χ2n) is 8.75. The Kier molecular flexibility index (Phi) is 8.41. The zero-order valence-corrected chi connectivity index (χ0v) is 20.5. The van der Waals surface area contributed by atoms with Crippen LogP contribution in [0.15, 0.2) is 0 Å². The van der Waals surface area contributed by atoms with Crippen LogP contribution in [0.5, 0.6) is 5.75 Å². The van der Waals surface area contributed by atoms with E-state index in [4.69, 9.17) is 0 Å². The van der Waals surface area contributed by atoms with E-state index in [0.717, 1.165) is 0 Å². The summed E-state index contributed by atoms with van der Waals surface area (Å²) in [5.41, 5.74) is -10.5. The second-order valence-corrected chi connectivity index (χ2v) is 8.75. The normalized spacial score (nSPS) is 11.9. The molecular weight excluding hydrogens is 695 g/mol. The van der Waals surface area contributed by atoms with E-state index in [-0.39, 0.29) is 1.43 Å². The minimum atomic E-state index is -7.11. The van der Waals surface area contributed by atoms with Crippen LogP contribution in [0.3, 0.4) is 0 Å². The Labute approximate surface area is 239 Å². The van der Waals surface area contributed by atoms with Crippen LogP contribution < -0.4 is 21.0 Å². The molecule has 0 aliphatic rings. The predicted octanol–water partition coefficient (Wildman–Crippen LogP) is 6.63. The van der Waals surface area contributed by atoms with Crippen molar-refractivity contribution in [2.75, 3.05) is 0 Å². The summed E-state index contributed by atoms with van der Waals surface area (Å²) in [6, 6.07) is 0. The molecule has 4 aromatic carbocycles. The maximum Gasteiger partial charge on any atom is 1.00 e. The first-order valence-electron chi connectivity index (χ1n) is 11.1. The van der Waals surface area contributed by atoms with Gasteiger partial charge in [0, 0.05) is 0 Å². The summed E-state index contributed by atoms with van der Waals surface area (Å²) >= 11 is 0. The number of benzene rings is 4. The highest BCUT2D eigenvalue weighted by Gasteiger charge is 2.51. The first-order valence-corrected chi connectivity index (χ1v) is 11.1. The molecule has 0 bridgehead atoms. The highest BCUT2D eigenvalue weighted by molar-refractivity contribution is 7.07. The average Bonchev–Trinajstić information content (AvgIpc) is 3.02. The van der Waals surface area contributed by atoms with Gasteiger partial charge in [0.2, 0.25) is 29.1 Å². The number of halogens is 20. The number of hydrogen-bond acceptors (Lipinski definition) is 1. The SMILES string of the molecule is Fc1c(F)c(F)c(O[B-](c2c(F)c(F)c(F)c(F)c2F)(c2c(F)c(F)c(F)c(F)c2F)c2c(F)c(F)c(F)c(F)c2F)c(F)c1F.[H+]. The Morgan fingerprint density at radius 3 is 0.587 bits per heavy atom. The minimum absolute atomic E-state index is 0. The monoisotopic (exact) mass is 696 g/mol. The fourth-order valence-corrected chi connectivity index (χ4v) is 4.41. The molecule has 0 heterocycles. The lowest BCUT2D eigenvalue weighted by Crippen LogP contribution is -2.77. The van der Waals surface area contributed by atoms with E-state index in [9.17, 15) is 61.5 Å². The summed E-state index contributed by atoms with van der Waals surface area (Å²) in [6.07, 6.45) is -7.11. The maximum atomic E-state index is 15.3. The molecule has 0 radical (unpaired) electrons. The van der Waals surface area contributed by atoms with Crippen molar-refractivity contribution >= 4 is 22.7 Å². The first kappa shape index (κ1) is 34.2. The zero-order chi connectivity index (χ0) is 35.1. The van der Waals surface area contributed by atoms with Gasteiger partial charge < -0.3 is 4.65 Å². The molecule has 0 aliphatic heterocycles. The molecule has 4 rings (SSSR count). The maximum absolute atomic E-state index is 15.3. The lowest BCUT2D eigenvalue weighted by atomic mass is 9.27. The van der Waals surface area contributed by atoms with Crippen molar-refractivity contribution in [2.24, 2.45) is 0 Å². The van der Waals surface area contributed by atoms with E-state index in [2.05, 4.69) is 4.65 Å². The third kappa shape index (κ3) is 4.42. The fourth-order valence-electron chi connectivity index (χ4n) is 4.41. The molecule has 0 unspecified atom stereocenters. The highest BCUT2D eigenvalue weighted by Crippen LogP contribution is 2.34. The van der Waals surface area contributed by atoms with Crippen LogP contribution in [0.1, 0.15) is 1.43 Å². The minimum Gasteiger partial charge on any atom is -0.698 e. The van der Waals surface area contributed by atoms with Crippen molar-refractivity contribution in [3.63, 3.8) is 0 Å². The molecule has 0 saturated carbocycles. The van der Waals surface area contributed by atoms with Gasteiger partial charge in [-0.2, -0.15) is 8.78 Å². The van der Waals surface area contributed by atoms with Gasteiger partial charge in [-0.1, -0.05) is 16.4 Å². The third-order valence-corrected chi connectivity index (χ3v) is 6.42. The average molecular weight is 696 g/mol. The molecule has 0 N–H and O–H groups in total. The van der Waals surface area contributed by atoms with E-state index in [1.54, 1.807) is 0 Å². The summed E-state index contributed by atoms with van der Waals surface area (Å²) in [5, 5.41) is 0. The van der Waals surface area contributed by atoms with Gasteiger partial charge in [0.25, 0.3) is 6.35 Å². The summed E-state index contributed by atoms with van der Waals surface area (Å²) < 4.78 is 295. The molecule has 0 fully saturated rings. The van der Waals surface area contributed by atoms with Crippen LogP contribution >= 0.6 is 0 Å². The van der Waals surface area contributed by atoms with E-state index >= 15 is 26.3 Å². The number of hydrogen-bond donors (Lipinski definition) is 0. The predicted molar refractivity (Wildman–Crippen MR) is 111 cm³/mol. The molecule has 0 aliphatic carbocycles. The smallest absolute Gasteiger partial charge is 0.698 e. The highest BCUT2D eigenvalue weighted by atomic mass is 19.2. The van der Waals surface area contributed by atoms with Gasteiger partial charge in [0.05, 0.1) is 0 Å². The van der Waals surface area contributed by atoms with Crippen LogP contribution in [0, 0.1) is 116 Å². The molecule has 0 amide bonds. The number of rotatable bonds is 5. The molecule has 0 aromatic heterocycles. The molecular formula is C24HBF20O. The van der Waals surface area contributed by atoms with Gasteiger partial charge >= 0.3 is 1.43 Å². The Hall–Kier alpha value is -4.66. The van der Waals surface area contributed by atoms with Gasteiger partial charge in [-0.15, -0.1) is 0 Å². The first-order chi connectivity index (χ1) is 21.2. The van der Waals surface area contributed by atoms with Crippen molar-refractivity contribution in [1.29, 1.82) is 0 Å². The van der Waals surface area contributed by atoms with E-state index in [1.165, 1.54) is 0 Å². The lowest BCUT2D eigenvalue weighted by molar-refractivity contribution is 0.344. The van der Waals surface area contributed by atoms with Crippen molar-refractivity contribution in [1.82, 2.24) is 0 Å². The van der Waals surface area contributed by atoms with Crippen molar-refractivity contribution in [3.8, 4) is 5.75 Å².